The van der Waals surface area contributed by atoms with Gasteiger partial charge in [-0.1, -0.05) is 5.16 Å². The molecule has 0 aliphatic carbocycles. The van der Waals surface area contributed by atoms with E-state index in [9.17, 15) is 0 Å². The highest BCUT2D eigenvalue weighted by atomic mass is 35.5. The van der Waals surface area contributed by atoms with Crippen LogP contribution < -0.4 is 10.1 Å². The molecule has 1 N–H and O–H groups in total. The van der Waals surface area contributed by atoms with Crippen molar-refractivity contribution in [3.05, 3.63) is 30.1 Å². The van der Waals surface area contributed by atoms with Crippen LogP contribution in [0.15, 0.2) is 28.8 Å². The van der Waals surface area contributed by atoms with Crippen molar-refractivity contribution in [2.24, 2.45) is 0 Å². The predicted molar refractivity (Wildman–Crippen MR) is 86.4 cm³/mol. The second-order valence-electron chi connectivity index (χ2n) is 5.12. The molecule has 1 atom stereocenters. The summed E-state index contributed by atoms with van der Waals surface area (Å²) in [5, 5.41) is 7.48. The molecule has 6 nitrogen and oxygen atoms in total. The number of aromatic nitrogens is 2. The maximum atomic E-state index is 5.43. The summed E-state index contributed by atoms with van der Waals surface area (Å²) in [6.07, 6.45) is 0. The number of likely N-dealkylation sites (N-methyl/N-ethyl adjacent to an activating group) is 1. The molecule has 22 heavy (non-hydrogen) atoms. The Morgan fingerprint density at radius 3 is 2.82 bits per heavy atom. The molecular weight excluding hydrogens is 304 g/mol. The smallest absolute Gasteiger partial charge is 0.257 e. The summed E-state index contributed by atoms with van der Waals surface area (Å²) < 4.78 is 10.8. The van der Waals surface area contributed by atoms with Crippen molar-refractivity contribution in [1.82, 2.24) is 20.4 Å². The minimum Gasteiger partial charge on any atom is -0.494 e. The largest absolute Gasteiger partial charge is 0.494 e. The van der Waals surface area contributed by atoms with E-state index in [1.54, 1.807) is 0 Å². The standard InChI is InChI=1S/C15H20N4O2.ClH/c1-3-20-12-6-4-11(5-7-12)15-17-14(18-21-15)13-10-16-8-9-19(13)2;/h4-7,13,16H,3,8-10H2,1-2H3;1H. The van der Waals surface area contributed by atoms with E-state index in [2.05, 4.69) is 27.4 Å². The van der Waals surface area contributed by atoms with E-state index in [0.717, 1.165) is 36.8 Å². The molecule has 0 amide bonds. The van der Waals surface area contributed by atoms with E-state index in [0.29, 0.717) is 12.5 Å². The number of nitrogens with one attached hydrogen (secondary N) is 1. The van der Waals surface area contributed by atoms with Gasteiger partial charge in [-0.25, -0.2) is 0 Å². The Morgan fingerprint density at radius 2 is 2.14 bits per heavy atom. The van der Waals surface area contributed by atoms with Crippen molar-refractivity contribution in [1.29, 1.82) is 0 Å². The number of rotatable bonds is 4. The lowest BCUT2D eigenvalue weighted by Crippen LogP contribution is -2.44. The summed E-state index contributed by atoms with van der Waals surface area (Å²) in [6.45, 7) is 5.45. The third-order valence-corrected chi connectivity index (χ3v) is 3.66. The molecule has 1 aliphatic heterocycles. The molecule has 1 fully saturated rings. The fourth-order valence-electron chi connectivity index (χ4n) is 2.44. The normalized spacial score (nSPS) is 18.7. The summed E-state index contributed by atoms with van der Waals surface area (Å²) in [4.78, 5) is 6.77. The highest BCUT2D eigenvalue weighted by molar-refractivity contribution is 5.85. The molecule has 1 saturated heterocycles. The Balaban J connectivity index is 0.00000176. The molecule has 1 aromatic heterocycles. The first-order valence-electron chi connectivity index (χ1n) is 7.25. The SMILES string of the molecule is CCOc1ccc(-c2nc(C3CNCCN3C)no2)cc1.Cl. The zero-order valence-electron chi connectivity index (χ0n) is 12.8. The molecule has 7 heteroatoms. The second-order valence-corrected chi connectivity index (χ2v) is 5.12. The molecule has 3 rings (SSSR count). The average molecular weight is 325 g/mol. The van der Waals surface area contributed by atoms with Crippen molar-refractivity contribution in [2.45, 2.75) is 13.0 Å². The Bertz CT molecular complexity index is 587. The van der Waals surface area contributed by atoms with Crippen molar-refractivity contribution >= 4 is 12.4 Å². The Hall–Kier alpha value is -1.63. The van der Waals surface area contributed by atoms with Crippen molar-refractivity contribution in [3.8, 4) is 17.2 Å². The highest BCUT2D eigenvalue weighted by Crippen LogP contribution is 2.24. The van der Waals surface area contributed by atoms with Crippen LogP contribution in [-0.4, -0.2) is 48.3 Å². The highest BCUT2D eigenvalue weighted by Gasteiger charge is 2.25. The van der Waals surface area contributed by atoms with Crippen molar-refractivity contribution in [3.63, 3.8) is 0 Å². The van der Waals surface area contributed by atoms with Crippen LogP contribution in [0.25, 0.3) is 11.5 Å². The van der Waals surface area contributed by atoms with E-state index < -0.39 is 0 Å². The van der Waals surface area contributed by atoms with Gasteiger partial charge in [0, 0.05) is 25.2 Å². The number of ether oxygens (including phenoxy) is 1. The number of benzene rings is 1. The van der Waals surface area contributed by atoms with E-state index in [-0.39, 0.29) is 18.4 Å². The minimum atomic E-state index is 0. The van der Waals surface area contributed by atoms with Gasteiger partial charge in [-0.05, 0) is 38.2 Å². The van der Waals surface area contributed by atoms with Crippen LogP contribution in [0, 0.1) is 0 Å². The first kappa shape index (κ1) is 16.7. The van der Waals surface area contributed by atoms with Crippen LogP contribution >= 0.6 is 12.4 Å². The Kier molecular flexibility index (Phi) is 5.76. The van der Waals surface area contributed by atoms with Gasteiger partial charge in [-0.2, -0.15) is 4.98 Å². The topological polar surface area (TPSA) is 63.4 Å². The molecule has 2 heterocycles. The van der Waals surface area contributed by atoms with Crippen LogP contribution in [0.5, 0.6) is 5.75 Å². The molecule has 120 valence electrons. The molecule has 0 bridgehead atoms. The van der Waals surface area contributed by atoms with Crippen LogP contribution in [0.2, 0.25) is 0 Å². The Labute approximate surface area is 136 Å². The van der Waals surface area contributed by atoms with Crippen LogP contribution in [0.4, 0.5) is 0 Å². The monoisotopic (exact) mass is 324 g/mol. The fraction of sp³-hybridized carbons (Fsp3) is 0.467. The van der Waals surface area contributed by atoms with Crippen molar-refractivity contribution in [2.75, 3.05) is 33.3 Å². The van der Waals surface area contributed by atoms with Gasteiger partial charge in [0.25, 0.3) is 5.89 Å². The van der Waals surface area contributed by atoms with E-state index >= 15 is 0 Å². The molecule has 2 aromatic rings. The van der Waals surface area contributed by atoms with E-state index in [1.165, 1.54) is 0 Å². The molecular formula is C15H21ClN4O2. The summed E-state index contributed by atoms with van der Waals surface area (Å²) in [6, 6.07) is 7.86. The summed E-state index contributed by atoms with van der Waals surface area (Å²) in [5.74, 6) is 2.12. The lowest BCUT2D eigenvalue weighted by Gasteiger charge is -2.30. The average Bonchev–Trinajstić information content (AvgIpc) is 2.98. The zero-order chi connectivity index (χ0) is 14.7. The van der Waals surface area contributed by atoms with Crippen molar-refractivity contribution < 1.29 is 9.26 Å². The fourth-order valence-corrected chi connectivity index (χ4v) is 2.44. The number of hydrogen-bond acceptors (Lipinski definition) is 6. The lowest BCUT2D eigenvalue weighted by molar-refractivity contribution is 0.190. The molecule has 1 unspecified atom stereocenters. The molecule has 0 saturated carbocycles. The number of hydrogen-bond donors (Lipinski definition) is 1. The molecule has 0 spiro atoms. The first-order valence-corrected chi connectivity index (χ1v) is 7.25. The quantitative estimate of drug-likeness (QED) is 0.929. The molecule has 1 aliphatic rings. The van der Waals surface area contributed by atoms with Gasteiger partial charge in [0.2, 0.25) is 0 Å². The van der Waals surface area contributed by atoms with Gasteiger partial charge in [0.15, 0.2) is 5.82 Å². The van der Waals surface area contributed by atoms with Gasteiger partial charge in [0.05, 0.1) is 12.6 Å². The van der Waals surface area contributed by atoms with Gasteiger partial charge in [-0.15, -0.1) is 12.4 Å². The first-order chi connectivity index (χ1) is 10.3. The summed E-state index contributed by atoms with van der Waals surface area (Å²) in [5.41, 5.74) is 0.906. The molecule has 0 radical (unpaired) electrons. The van der Waals surface area contributed by atoms with Crippen LogP contribution in [0.3, 0.4) is 0 Å². The van der Waals surface area contributed by atoms with Gasteiger partial charge >= 0.3 is 0 Å². The summed E-state index contributed by atoms with van der Waals surface area (Å²) in [7, 11) is 2.08. The van der Waals surface area contributed by atoms with E-state index in [1.807, 2.05) is 31.2 Å². The number of piperazine rings is 1. The lowest BCUT2D eigenvalue weighted by atomic mass is 10.2. The van der Waals surface area contributed by atoms with Crippen LogP contribution in [0.1, 0.15) is 18.8 Å². The number of halogens is 1. The third kappa shape index (κ3) is 3.58. The maximum absolute atomic E-state index is 5.43. The van der Waals surface area contributed by atoms with Crippen LogP contribution in [-0.2, 0) is 0 Å². The number of nitrogens with zero attached hydrogens (tertiary/aromatic N) is 3. The van der Waals surface area contributed by atoms with Gasteiger partial charge in [-0.3, -0.25) is 4.90 Å². The van der Waals surface area contributed by atoms with E-state index in [4.69, 9.17) is 9.26 Å². The summed E-state index contributed by atoms with van der Waals surface area (Å²) >= 11 is 0. The Morgan fingerprint density at radius 1 is 1.36 bits per heavy atom. The molecule has 1 aromatic carbocycles. The minimum absolute atomic E-state index is 0. The predicted octanol–water partition coefficient (Wildman–Crippen LogP) is 2.13. The zero-order valence-corrected chi connectivity index (χ0v) is 13.6. The third-order valence-electron chi connectivity index (χ3n) is 3.66. The maximum Gasteiger partial charge on any atom is 0.257 e. The van der Waals surface area contributed by atoms with Gasteiger partial charge in [0.1, 0.15) is 5.75 Å². The van der Waals surface area contributed by atoms with Gasteiger partial charge < -0.3 is 14.6 Å². The second kappa shape index (κ2) is 7.58.